The second-order valence-corrected chi connectivity index (χ2v) is 5.64. The Morgan fingerprint density at radius 2 is 2.00 bits per heavy atom. The molecule has 9 heteroatoms. The van der Waals surface area contributed by atoms with Crippen LogP contribution in [-0.2, 0) is 0 Å². The third kappa shape index (κ3) is 2.66. The van der Waals surface area contributed by atoms with Crippen LogP contribution in [0, 0.1) is 0 Å². The summed E-state index contributed by atoms with van der Waals surface area (Å²) in [4.78, 5) is 16.3. The molecule has 0 bridgehead atoms. The molecule has 0 aliphatic carbocycles. The van der Waals surface area contributed by atoms with Crippen molar-refractivity contribution in [2.75, 3.05) is 11.5 Å². The molecule has 0 atom stereocenters. The molecule has 5 N–H and O–H groups in total. The van der Waals surface area contributed by atoms with E-state index in [-0.39, 0.29) is 24.0 Å². The number of H-pyrrole nitrogens is 1. The largest absolute Gasteiger partial charge is 0.398 e. The lowest BCUT2D eigenvalue weighted by Crippen LogP contribution is -2.00. The molecule has 132 valence electrons. The zero-order chi connectivity index (χ0) is 17.6. The third-order valence-corrected chi connectivity index (χ3v) is 4.04. The summed E-state index contributed by atoms with van der Waals surface area (Å²) in [5.41, 5.74) is 16.0. The van der Waals surface area contributed by atoms with E-state index in [0.29, 0.717) is 33.5 Å². The summed E-state index contributed by atoms with van der Waals surface area (Å²) in [6, 6.07) is 5.16. The number of Topliss-reactive ketones (excluding diaryl/α,β-unsaturated/α-hetero) is 1. The minimum Gasteiger partial charge on any atom is -0.398 e. The van der Waals surface area contributed by atoms with Gasteiger partial charge >= 0.3 is 0 Å². The van der Waals surface area contributed by atoms with Crippen LogP contribution in [0.2, 0.25) is 0 Å². The third-order valence-electron chi connectivity index (χ3n) is 4.04. The highest BCUT2D eigenvalue weighted by Gasteiger charge is 2.19. The lowest BCUT2D eigenvalue weighted by molar-refractivity contribution is 0.101. The number of benzene rings is 1. The number of halogens is 1. The van der Waals surface area contributed by atoms with Crippen molar-refractivity contribution in [3.05, 3.63) is 42.4 Å². The number of pyridine rings is 1. The maximum atomic E-state index is 11.8. The number of nitrogens with two attached hydrogens (primary N) is 2. The highest BCUT2D eigenvalue weighted by Crippen LogP contribution is 2.37. The fourth-order valence-corrected chi connectivity index (χ4v) is 2.80. The van der Waals surface area contributed by atoms with Crippen molar-refractivity contribution in [2.45, 2.75) is 6.92 Å². The fourth-order valence-electron chi connectivity index (χ4n) is 2.80. The van der Waals surface area contributed by atoms with Crippen LogP contribution in [0.15, 0.2) is 41.3 Å². The van der Waals surface area contributed by atoms with E-state index in [1.54, 1.807) is 36.8 Å². The maximum Gasteiger partial charge on any atom is 0.180 e. The number of aromatic nitrogens is 4. The first-order valence-electron chi connectivity index (χ1n) is 7.50. The van der Waals surface area contributed by atoms with E-state index in [1.165, 1.54) is 6.92 Å². The average Bonchev–Trinajstić information content (AvgIpc) is 3.25. The Labute approximate surface area is 154 Å². The second-order valence-electron chi connectivity index (χ2n) is 5.64. The van der Waals surface area contributed by atoms with Gasteiger partial charge in [-0.1, -0.05) is 11.2 Å². The first-order valence-corrected chi connectivity index (χ1v) is 7.50. The number of aromatic amines is 1. The summed E-state index contributed by atoms with van der Waals surface area (Å²) in [5.74, 6) is 0.105. The molecule has 0 amide bonds. The number of nitrogen functional groups attached to an aromatic ring is 2. The lowest BCUT2D eigenvalue weighted by atomic mass is 10.00. The molecule has 3 aromatic heterocycles. The van der Waals surface area contributed by atoms with E-state index < -0.39 is 0 Å². The smallest absolute Gasteiger partial charge is 0.180 e. The number of fused-ring (bicyclic) bond motifs is 1. The van der Waals surface area contributed by atoms with E-state index in [4.69, 9.17) is 16.0 Å². The Morgan fingerprint density at radius 3 is 2.69 bits per heavy atom. The molecule has 0 saturated heterocycles. The first-order chi connectivity index (χ1) is 12.1. The number of nitrogens with one attached hydrogen (secondary N) is 1. The van der Waals surface area contributed by atoms with Crippen molar-refractivity contribution in [2.24, 2.45) is 0 Å². The molecule has 4 rings (SSSR count). The van der Waals surface area contributed by atoms with Gasteiger partial charge in [-0.3, -0.25) is 14.9 Å². The number of rotatable bonds is 3. The molecular formula is C17H15ClN6O2. The maximum absolute atomic E-state index is 11.8. The predicted molar refractivity (Wildman–Crippen MR) is 101 cm³/mol. The fraction of sp³-hybridized carbons (Fsp3) is 0.0588. The Kier molecular flexibility index (Phi) is 4.35. The highest BCUT2D eigenvalue weighted by molar-refractivity contribution is 6.06. The van der Waals surface area contributed by atoms with Crippen molar-refractivity contribution < 1.29 is 9.32 Å². The van der Waals surface area contributed by atoms with Crippen LogP contribution >= 0.6 is 12.4 Å². The van der Waals surface area contributed by atoms with Crippen LogP contribution in [0.3, 0.4) is 0 Å². The van der Waals surface area contributed by atoms with Crippen molar-refractivity contribution in [3.63, 3.8) is 0 Å². The molecule has 26 heavy (non-hydrogen) atoms. The molecule has 1 aromatic carbocycles. The van der Waals surface area contributed by atoms with Gasteiger partial charge in [0, 0.05) is 40.3 Å². The van der Waals surface area contributed by atoms with Crippen LogP contribution in [-0.4, -0.2) is 26.1 Å². The van der Waals surface area contributed by atoms with Crippen molar-refractivity contribution in [3.8, 4) is 22.4 Å². The van der Waals surface area contributed by atoms with Gasteiger partial charge in [-0.2, -0.15) is 5.10 Å². The van der Waals surface area contributed by atoms with Gasteiger partial charge in [0.25, 0.3) is 0 Å². The summed E-state index contributed by atoms with van der Waals surface area (Å²) in [7, 11) is 0. The molecule has 0 unspecified atom stereocenters. The zero-order valence-corrected chi connectivity index (χ0v) is 14.5. The number of carbonyl (C=O) groups is 1. The number of ketones is 1. The predicted octanol–water partition coefficient (Wildman–Crippen LogP) is 3.07. The molecule has 0 aliphatic rings. The quantitative estimate of drug-likeness (QED) is 0.372. The monoisotopic (exact) mass is 370 g/mol. The van der Waals surface area contributed by atoms with E-state index in [9.17, 15) is 4.79 Å². The van der Waals surface area contributed by atoms with Gasteiger partial charge in [-0.05, 0) is 19.1 Å². The molecule has 8 nitrogen and oxygen atoms in total. The van der Waals surface area contributed by atoms with E-state index >= 15 is 0 Å². The van der Waals surface area contributed by atoms with Gasteiger partial charge in [0.05, 0.1) is 17.3 Å². The van der Waals surface area contributed by atoms with Crippen molar-refractivity contribution >= 4 is 40.7 Å². The summed E-state index contributed by atoms with van der Waals surface area (Å²) in [6.07, 6.45) is 5.05. The molecule has 4 aromatic rings. The number of nitrogens with zero attached hydrogens (tertiary/aromatic N) is 3. The molecule has 3 heterocycles. The van der Waals surface area contributed by atoms with Gasteiger partial charge in [-0.25, -0.2) is 0 Å². The van der Waals surface area contributed by atoms with E-state index in [2.05, 4.69) is 20.3 Å². The van der Waals surface area contributed by atoms with Crippen LogP contribution < -0.4 is 11.5 Å². The van der Waals surface area contributed by atoms with Gasteiger partial charge in [0.2, 0.25) is 0 Å². The second kappa shape index (κ2) is 6.49. The first kappa shape index (κ1) is 17.4. The normalized spacial score (nSPS) is 10.7. The SMILES string of the molecule is CC(=O)c1cc(-c2ncc(-c3cn[nH]c3)c3onc(N)c23)ccc1N.Cl. The average molecular weight is 371 g/mol. The molecular weight excluding hydrogens is 356 g/mol. The summed E-state index contributed by atoms with van der Waals surface area (Å²) in [5, 5.41) is 11.1. The summed E-state index contributed by atoms with van der Waals surface area (Å²) < 4.78 is 5.42. The molecule has 0 radical (unpaired) electrons. The summed E-state index contributed by atoms with van der Waals surface area (Å²) >= 11 is 0. The van der Waals surface area contributed by atoms with Gasteiger partial charge in [-0.15, -0.1) is 12.4 Å². The van der Waals surface area contributed by atoms with Crippen molar-refractivity contribution in [1.82, 2.24) is 20.3 Å². The van der Waals surface area contributed by atoms with Gasteiger partial charge < -0.3 is 16.0 Å². The number of carbonyl (C=O) groups excluding carboxylic acids is 1. The Morgan fingerprint density at radius 1 is 1.19 bits per heavy atom. The molecule has 0 fully saturated rings. The number of hydrogen-bond acceptors (Lipinski definition) is 7. The van der Waals surface area contributed by atoms with Crippen LogP contribution in [0.4, 0.5) is 11.5 Å². The Bertz CT molecular complexity index is 1100. The standard InChI is InChI=1S/C17H14N6O2.ClH/c1-8(24)11-4-9(2-3-13(11)18)15-14-16(25-23-17(14)19)12(7-20-15)10-5-21-22-6-10;/h2-7H,18H2,1H3,(H2,19,23)(H,21,22);1H. The van der Waals surface area contributed by atoms with Crippen LogP contribution in [0.1, 0.15) is 17.3 Å². The number of hydrogen-bond donors (Lipinski definition) is 3. The summed E-state index contributed by atoms with van der Waals surface area (Å²) in [6.45, 7) is 1.47. The van der Waals surface area contributed by atoms with E-state index in [0.717, 1.165) is 11.1 Å². The molecule has 0 spiro atoms. The Balaban J connectivity index is 0.00000196. The zero-order valence-electron chi connectivity index (χ0n) is 13.7. The molecule has 0 aliphatic heterocycles. The van der Waals surface area contributed by atoms with Crippen molar-refractivity contribution in [1.29, 1.82) is 0 Å². The van der Waals surface area contributed by atoms with Gasteiger partial charge in [0.1, 0.15) is 0 Å². The highest BCUT2D eigenvalue weighted by atomic mass is 35.5. The minimum atomic E-state index is -0.121. The van der Waals surface area contributed by atoms with Crippen LogP contribution in [0.25, 0.3) is 33.4 Å². The minimum absolute atomic E-state index is 0. The van der Waals surface area contributed by atoms with Crippen LogP contribution in [0.5, 0.6) is 0 Å². The van der Waals surface area contributed by atoms with E-state index in [1.807, 2.05) is 0 Å². The van der Waals surface area contributed by atoms with Gasteiger partial charge in [0.15, 0.2) is 17.2 Å². The lowest BCUT2D eigenvalue weighted by Gasteiger charge is -2.08. The number of anilines is 2. The topological polar surface area (TPSA) is 137 Å². The molecule has 0 saturated carbocycles. The Hall–Kier alpha value is -3.39.